The van der Waals surface area contributed by atoms with Gasteiger partial charge in [0.1, 0.15) is 5.82 Å². The van der Waals surface area contributed by atoms with Gasteiger partial charge in [0.25, 0.3) is 5.69 Å². The van der Waals surface area contributed by atoms with Gasteiger partial charge in [0.05, 0.1) is 28.2 Å². The summed E-state index contributed by atoms with van der Waals surface area (Å²) in [7, 11) is 1.89. The summed E-state index contributed by atoms with van der Waals surface area (Å²) in [5, 5.41) is 30.1. The molecule has 0 spiro atoms. The minimum Gasteiger partial charge on any atom is -0.393 e. The maximum absolute atomic E-state index is 10.9. The Morgan fingerprint density at radius 3 is 2.83 bits per heavy atom. The Morgan fingerprint density at radius 2 is 2.22 bits per heavy atom. The molecule has 1 heterocycles. The molecule has 0 radical (unpaired) electrons. The minimum atomic E-state index is -0.484. The lowest BCUT2D eigenvalue weighted by molar-refractivity contribution is -0.384. The van der Waals surface area contributed by atoms with E-state index in [1.54, 1.807) is 12.1 Å². The summed E-state index contributed by atoms with van der Waals surface area (Å²) in [4.78, 5) is 16.9. The topological polar surface area (TPSA) is 103 Å². The van der Waals surface area contributed by atoms with E-state index in [9.17, 15) is 20.5 Å². The van der Waals surface area contributed by atoms with Crippen molar-refractivity contribution in [3.05, 3.63) is 39.9 Å². The first-order valence-corrected chi connectivity index (χ1v) is 7.36. The van der Waals surface area contributed by atoms with Crippen molar-refractivity contribution in [2.75, 3.05) is 18.5 Å². The number of aliphatic hydroxyl groups is 1. The van der Waals surface area contributed by atoms with Crippen molar-refractivity contribution in [1.29, 1.82) is 5.26 Å². The molecule has 1 aromatic heterocycles. The molecule has 7 heteroatoms. The Morgan fingerprint density at radius 1 is 1.48 bits per heavy atom. The number of aliphatic hydroxyl groups excluding tert-OH is 1. The third kappa shape index (κ3) is 2.94. The Bertz CT molecular complexity index is 809. The number of fused-ring (bicyclic) bond motifs is 1. The van der Waals surface area contributed by atoms with Gasteiger partial charge < -0.3 is 10.0 Å². The summed E-state index contributed by atoms with van der Waals surface area (Å²) in [5.74, 6) is 1.08. The number of pyridine rings is 1. The second kappa shape index (κ2) is 5.82. The fourth-order valence-corrected chi connectivity index (χ4v) is 2.93. The predicted molar refractivity (Wildman–Crippen MR) is 85.1 cm³/mol. The molecule has 7 nitrogen and oxygen atoms in total. The number of nitrogens with zero attached hydrogens (tertiary/aromatic N) is 4. The number of hydrogen-bond acceptors (Lipinski definition) is 6. The zero-order chi connectivity index (χ0) is 16.6. The molecule has 1 N–H and O–H groups in total. The normalized spacial score (nSPS) is 19.9. The average Bonchev–Trinajstić information content (AvgIpc) is 2.51. The first-order chi connectivity index (χ1) is 11.0. The quantitative estimate of drug-likeness (QED) is 0.686. The zero-order valence-corrected chi connectivity index (χ0v) is 12.6. The van der Waals surface area contributed by atoms with Crippen molar-refractivity contribution in [2.45, 2.75) is 18.9 Å². The SMILES string of the molecule is CN(CC1CC(O)C1)c1cc(C#N)c2cc([N+](=O)[O-])ccc2n1. The summed E-state index contributed by atoms with van der Waals surface area (Å²) in [6.45, 7) is 0.757. The van der Waals surface area contributed by atoms with E-state index in [1.165, 1.54) is 12.1 Å². The second-order valence-corrected chi connectivity index (χ2v) is 5.97. The molecule has 0 aliphatic heterocycles. The molecule has 1 fully saturated rings. The van der Waals surface area contributed by atoms with Gasteiger partial charge in [0.15, 0.2) is 0 Å². The second-order valence-electron chi connectivity index (χ2n) is 5.97. The highest BCUT2D eigenvalue weighted by Gasteiger charge is 2.28. The number of benzene rings is 1. The molecule has 23 heavy (non-hydrogen) atoms. The monoisotopic (exact) mass is 312 g/mol. The smallest absolute Gasteiger partial charge is 0.270 e. The lowest BCUT2D eigenvalue weighted by atomic mass is 9.82. The van der Waals surface area contributed by atoms with E-state index < -0.39 is 4.92 Å². The molecular formula is C16H16N4O3. The largest absolute Gasteiger partial charge is 0.393 e. The van der Waals surface area contributed by atoms with Gasteiger partial charge in [-0.15, -0.1) is 0 Å². The molecule has 118 valence electrons. The molecule has 0 unspecified atom stereocenters. The molecule has 0 bridgehead atoms. The highest BCUT2D eigenvalue weighted by Crippen LogP contribution is 2.30. The molecule has 2 aromatic rings. The van der Waals surface area contributed by atoms with E-state index in [0.29, 0.717) is 28.2 Å². The minimum absolute atomic E-state index is 0.0552. The van der Waals surface area contributed by atoms with Crippen molar-refractivity contribution in [1.82, 2.24) is 4.98 Å². The third-order valence-electron chi connectivity index (χ3n) is 4.24. The molecule has 3 rings (SSSR count). The van der Waals surface area contributed by atoms with Crippen LogP contribution < -0.4 is 4.90 Å². The van der Waals surface area contributed by atoms with Crippen LogP contribution in [0.25, 0.3) is 10.9 Å². The molecule has 0 atom stereocenters. The van der Waals surface area contributed by atoms with Gasteiger partial charge in [-0.3, -0.25) is 10.1 Å². The summed E-state index contributed by atoms with van der Waals surface area (Å²) >= 11 is 0. The standard InChI is InChI=1S/C16H16N4O3/c1-19(9-10-4-13(21)5-10)16-6-11(8-17)14-7-12(20(22)23)2-3-15(14)18-16/h2-3,6-7,10,13,21H,4-5,9H2,1H3. The van der Waals surface area contributed by atoms with Crippen LogP contribution in [-0.4, -0.2) is 34.7 Å². The number of aromatic nitrogens is 1. The van der Waals surface area contributed by atoms with Crippen molar-refractivity contribution in [3.8, 4) is 6.07 Å². The number of non-ortho nitro benzene ring substituents is 1. The van der Waals surface area contributed by atoms with Gasteiger partial charge in [0.2, 0.25) is 0 Å². The lowest BCUT2D eigenvalue weighted by Crippen LogP contribution is -2.37. The Balaban J connectivity index is 1.94. The molecule has 1 saturated carbocycles. The number of rotatable bonds is 4. The maximum Gasteiger partial charge on any atom is 0.270 e. The van der Waals surface area contributed by atoms with Crippen LogP contribution in [0.3, 0.4) is 0 Å². The molecule has 1 aliphatic carbocycles. The zero-order valence-electron chi connectivity index (χ0n) is 12.6. The van der Waals surface area contributed by atoms with Gasteiger partial charge in [-0.1, -0.05) is 0 Å². The summed E-state index contributed by atoms with van der Waals surface area (Å²) in [6.07, 6.45) is 1.37. The summed E-state index contributed by atoms with van der Waals surface area (Å²) in [6, 6.07) is 8.09. The highest BCUT2D eigenvalue weighted by atomic mass is 16.6. The molecular weight excluding hydrogens is 296 g/mol. The highest BCUT2D eigenvalue weighted by molar-refractivity contribution is 5.88. The Hall–Kier alpha value is -2.72. The number of hydrogen-bond donors (Lipinski definition) is 1. The average molecular weight is 312 g/mol. The molecule has 1 aromatic carbocycles. The number of anilines is 1. The van der Waals surface area contributed by atoms with Gasteiger partial charge in [0, 0.05) is 31.1 Å². The molecule has 0 amide bonds. The third-order valence-corrected chi connectivity index (χ3v) is 4.24. The van der Waals surface area contributed by atoms with Crippen LogP contribution in [-0.2, 0) is 0 Å². The van der Waals surface area contributed by atoms with E-state index in [-0.39, 0.29) is 11.8 Å². The Labute approximate surface area is 132 Å². The first kappa shape index (κ1) is 15.2. The van der Waals surface area contributed by atoms with E-state index in [4.69, 9.17) is 0 Å². The number of nitro benzene ring substituents is 1. The summed E-state index contributed by atoms with van der Waals surface area (Å²) < 4.78 is 0. The molecule has 0 saturated heterocycles. The Kier molecular flexibility index (Phi) is 3.84. The van der Waals surface area contributed by atoms with Crippen LogP contribution in [0, 0.1) is 27.4 Å². The van der Waals surface area contributed by atoms with Crippen molar-refractivity contribution in [3.63, 3.8) is 0 Å². The van der Waals surface area contributed by atoms with Crippen LogP contribution in [0.15, 0.2) is 24.3 Å². The van der Waals surface area contributed by atoms with E-state index in [1.807, 2.05) is 11.9 Å². The summed E-state index contributed by atoms with van der Waals surface area (Å²) in [5.41, 5.74) is 0.875. The lowest BCUT2D eigenvalue weighted by Gasteiger charge is -2.34. The van der Waals surface area contributed by atoms with Crippen LogP contribution >= 0.6 is 0 Å². The van der Waals surface area contributed by atoms with E-state index >= 15 is 0 Å². The van der Waals surface area contributed by atoms with Gasteiger partial charge in [-0.2, -0.15) is 5.26 Å². The van der Waals surface area contributed by atoms with Gasteiger partial charge in [-0.25, -0.2) is 4.98 Å². The van der Waals surface area contributed by atoms with Crippen molar-refractivity contribution >= 4 is 22.4 Å². The fraction of sp³-hybridized carbons (Fsp3) is 0.375. The number of nitro groups is 1. The van der Waals surface area contributed by atoms with Gasteiger partial charge >= 0.3 is 0 Å². The maximum atomic E-state index is 10.9. The van der Waals surface area contributed by atoms with Crippen LogP contribution in [0.4, 0.5) is 11.5 Å². The number of nitriles is 1. The van der Waals surface area contributed by atoms with Crippen molar-refractivity contribution in [2.24, 2.45) is 5.92 Å². The van der Waals surface area contributed by atoms with E-state index in [2.05, 4.69) is 11.1 Å². The van der Waals surface area contributed by atoms with E-state index in [0.717, 1.165) is 19.4 Å². The predicted octanol–water partition coefficient (Wildman–Crippen LogP) is 2.22. The molecule has 1 aliphatic rings. The van der Waals surface area contributed by atoms with Crippen LogP contribution in [0.2, 0.25) is 0 Å². The fourth-order valence-electron chi connectivity index (χ4n) is 2.93. The first-order valence-electron chi connectivity index (χ1n) is 7.36. The van der Waals surface area contributed by atoms with Crippen LogP contribution in [0.1, 0.15) is 18.4 Å². The van der Waals surface area contributed by atoms with Crippen LogP contribution in [0.5, 0.6) is 0 Å². The van der Waals surface area contributed by atoms with Gasteiger partial charge in [-0.05, 0) is 30.9 Å². The van der Waals surface area contributed by atoms with Crippen molar-refractivity contribution < 1.29 is 10.0 Å².